The minimum Gasteiger partial charge on any atom is -0.347 e. The van der Waals surface area contributed by atoms with Crippen molar-refractivity contribution in [2.75, 3.05) is 0 Å². The first-order valence-electron chi connectivity index (χ1n) is 5.13. The third-order valence-corrected chi connectivity index (χ3v) is 2.21. The molecule has 6 heteroatoms. The molecule has 0 aliphatic rings. The van der Waals surface area contributed by atoms with Crippen molar-refractivity contribution in [1.82, 2.24) is 15.5 Å². The molecule has 3 N–H and O–H groups in total. The first-order chi connectivity index (χ1) is 7.30. The Labute approximate surface area is 94.6 Å². The zero-order valence-corrected chi connectivity index (χ0v) is 10.1. The Kier molecular flexibility index (Phi) is 3.64. The first kappa shape index (κ1) is 12.6. The molecule has 0 unspecified atom stereocenters. The Morgan fingerprint density at radius 1 is 1.56 bits per heavy atom. The van der Waals surface area contributed by atoms with Gasteiger partial charge in [0.15, 0.2) is 5.82 Å². The van der Waals surface area contributed by atoms with Crippen LogP contribution in [-0.2, 0) is 11.3 Å². The molecule has 6 nitrogen and oxygen atoms in total. The standard InChI is InChI=1S/C10H18N4O2/c1-6-13-7(14-16-6)5-12-9(15)8(11)10(2,3)4/h8H,5,11H2,1-4H3,(H,12,15)/t8-/m0/s1. The summed E-state index contributed by atoms with van der Waals surface area (Å²) in [6.07, 6.45) is 0. The Bertz CT molecular complexity index is 367. The molecule has 16 heavy (non-hydrogen) atoms. The highest BCUT2D eigenvalue weighted by Crippen LogP contribution is 2.17. The van der Waals surface area contributed by atoms with Crippen molar-refractivity contribution < 1.29 is 9.32 Å². The predicted molar refractivity (Wildman–Crippen MR) is 58.3 cm³/mol. The lowest BCUT2D eigenvalue weighted by Crippen LogP contribution is -2.48. The monoisotopic (exact) mass is 226 g/mol. The number of hydrogen-bond donors (Lipinski definition) is 2. The Morgan fingerprint density at radius 2 is 2.19 bits per heavy atom. The number of carbonyl (C=O) groups is 1. The van der Waals surface area contributed by atoms with Gasteiger partial charge in [0.05, 0.1) is 12.6 Å². The molecule has 0 saturated carbocycles. The van der Waals surface area contributed by atoms with Crippen LogP contribution >= 0.6 is 0 Å². The molecule has 0 aliphatic carbocycles. The third kappa shape index (κ3) is 3.30. The van der Waals surface area contributed by atoms with Gasteiger partial charge in [-0.25, -0.2) is 0 Å². The lowest BCUT2D eigenvalue weighted by Gasteiger charge is -2.25. The number of nitrogens with one attached hydrogen (secondary N) is 1. The molecule has 0 radical (unpaired) electrons. The topological polar surface area (TPSA) is 94.0 Å². The van der Waals surface area contributed by atoms with Crippen LogP contribution in [0.25, 0.3) is 0 Å². The van der Waals surface area contributed by atoms with Crippen LogP contribution in [0.15, 0.2) is 4.52 Å². The van der Waals surface area contributed by atoms with Gasteiger partial charge in [0.2, 0.25) is 11.8 Å². The average Bonchev–Trinajstić information content (AvgIpc) is 2.58. The zero-order valence-electron chi connectivity index (χ0n) is 10.1. The van der Waals surface area contributed by atoms with Crippen molar-refractivity contribution >= 4 is 5.91 Å². The second-order valence-corrected chi connectivity index (χ2v) is 4.79. The highest BCUT2D eigenvalue weighted by atomic mass is 16.5. The van der Waals surface area contributed by atoms with Gasteiger partial charge in [0.25, 0.3) is 0 Å². The van der Waals surface area contributed by atoms with Crippen LogP contribution in [0.2, 0.25) is 0 Å². The summed E-state index contributed by atoms with van der Waals surface area (Å²) in [6.45, 7) is 7.67. The van der Waals surface area contributed by atoms with Crippen molar-refractivity contribution in [2.24, 2.45) is 11.1 Å². The SMILES string of the molecule is Cc1nc(CNC(=O)[C@H](N)C(C)(C)C)no1. The van der Waals surface area contributed by atoms with Gasteiger partial charge < -0.3 is 15.6 Å². The van der Waals surface area contributed by atoms with Gasteiger partial charge in [0.1, 0.15) is 0 Å². The number of carbonyl (C=O) groups excluding carboxylic acids is 1. The maximum atomic E-state index is 11.6. The molecule has 1 heterocycles. The molecule has 0 aliphatic heterocycles. The van der Waals surface area contributed by atoms with E-state index in [0.717, 1.165) is 0 Å². The van der Waals surface area contributed by atoms with Crippen LogP contribution in [0.3, 0.4) is 0 Å². The number of nitrogens with two attached hydrogens (primary N) is 1. The van der Waals surface area contributed by atoms with E-state index < -0.39 is 6.04 Å². The number of amides is 1. The normalized spacial score (nSPS) is 13.6. The van der Waals surface area contributed by atoms with Crippen molar-refractivity contribution in [3.05, 3.63) is 11.7 Å². The van der Waals surface area contributed by atoms with Crippen molar-refractivity contribution in [3.8, 4) is 0 Å². The first-order valence-corrected chi connectivity index (χ1v) is 5.13. The van der Waals surface area contributed by atoms with E-state index in [1.165, 1.54) is 0 Å². The Morgan fingerprint density at radius 3 is 2.62 bits per heavy atom. The van der Waals surface area contributed by atoms with E-state index in [2.05, 4.69) is 15.5 Å². The van der Waals surface area contributed by atoms with Crippen LogP contribution < -0.4 is 11.1 Å². The highest BCUT2D eigenvalue weighted by Gasteiger charge is 2.27. The molecular weight excluding hydrogens is 208 g/mol. The number of nitrogens with zero attached hydrogens (tertiary/aromatic N) is 2. The second kappa shape index (κ2) is 4.61. The quantitative estimate of drug-likeness (QED) is 0.776. The van der Waals surface area contributed by atoms with Crippen molar-refractivity contribution in [3.63, 3.8) is 0 Å². The fourth-order valence-electron chi connectivity index (χ4n) is 1.08. The van der Waals surface area contributed by atoms with E-state index in [9.17, 15) is 4.79 Å². The highest BCUT2D eigenvalue weighted by molar-refractivity contribution is 5.82. The van der Waals surface area contributed by atoms with Crippen LogP contribution in [0.5, 0.6) is 0 Å². The van der Waals surface area contributed by atoms with Gasteiger partial charge in [-0.3, -0.25) is 4.79 Å². The number of aryl methyl sites for hydroxylation is 1. The molecule has 1 rings (SSSR count). The minimum atomic E-state index is -0.555. The van der Waals surface area contributed by atoms with Crippen molar-refractivity contribution in [2.45, 2.75) is 40.3 Å². The molecular formula is C10H18N4O2. The van der Waals surface area contributed by atoms with Crippen molar-refractivity contribution in [1.29, 1.82) is 0 Å². The van der Waals surface area contributed by atoms with Crippen LogP contribution in [0, 0.1) is 12.3 Å². The molecule has 1 amide bonds. The molecule has 1 atom stereocenters. The van der Waals surface area contributed by atoms with Gasteiger partial charge in [-0.05, 0) is 5.41 Å². The maximum Gasteiger partial charge on any atom is 0.237 e. The molecule has 1 aromatic rings. The Balaban J connectivity index is 2.47. The number of aromatic nitrogens is 2. The second-order valence-electron chi connectivity index (χ2n) is 4.79. The van der Waals surface area contributed by atoms with Gasteiger partial charge in [-0.15, -0.1) is 0 Å². The third-order valence-electron chi connectivity index (χ3n) is 2.21. The van der Waals surface area contributed by atoms with E-state index in [1.807, 2.05) is 20.8 Å². The molecule has 0 aromatic carbocycles. The number of hydrogen-bond acceptors (Lipinski definition) is 5. The average molecular weight is 226 g/mol. The molecule has 0 fully saturated rings. The molecule has 90 valence electrons. The molecule has 0 saturated heterocycles. The summed E-state index contributed by atoms with van der Waals surface area (Å²) in [5.41, 5.74) is 5.52. The van der Waals surface area contributed by atoms with E-state index in [-0.39, 0.29) is 17.9 Å². The van der Waals surface area contributed by atoms with Gasteiger partial charge >= 0.3 is 0 Å². The Hall–Kier alpha value is -1.43. The lowest BCUT2D eigenvalue weighted by molar-refractivity contribution is -0.124. The van der Waals surface area contributed by atoms with E-state index in [4.69, 9.17) is 10.3 Å². The summed E-state index contributed by atoms with van der Waals surface area (Å²) in [4.78, 5) is 15.6. The minimum absolute atomic E-state index is 0.213. The number of rotatable bonds is 3. The molecule has 0 bridgehead atoms. The summed E-state index contributed by atoms with van der Waals surface area (Å²) < 4.78 is 4.78. The summed E-state index contributed by atoms with van der Waals surface area (Å²) in [7, 11) is 0. The van der Waals surface area contributed by atoms with E-state index in [1.54, 1.807) is 6.92 Å². The zero-order chi connectivity index (χ0) is 12.3. The van der Waals surface area contributed by atoms with Gasteiger partial charge in [-0.2, -0.15) is 4.98 Å². The fourth-order valence-corrected chi connectivity index (χ4v) is 1.08. The smallest absolute Gasteiger partial charge is 0.237 e. The summed E-state index contributed by atoms with van der Waals surface area (Å²) in [6, 6.07) is -0.555. The maximum absolute atomic E-state index is 11.6. The van der Waals surface area contributed by atoms with E-state index >= 15 is 0 Å². The van der Waals surface area contributed by atoms with E-state index in [0.29, 0.717) is 11.7 Å². The largest absolute Gasteiger partial charge is 0.347 e. The van der Waals surface area contributed by atoms with Crippen LogP contribution in [0.1, 0.15) is 32.5 Å². The van der Waals surface area contributed by atoms with Crippen LogP contribution in [-0.4, -0.2) is 22.1 Å². The lowest BCUT2D eigenvalue weighted by atomic mass is 9.87. The van der Waals surface area contributed by atoms with Gasteiger partial charge in [-0.1, -0.05) is 25.9 Å². The summed E-state index contributed by atoms with van der Waals surface area (Å²) in [5, 5.41) is 6.34. The summed E-state index contributed by atoms with van der Waals surface area (Å²) in [5.74, 6) is 0.714. The molecule has 0 spiro atoms. The fraction of sp³-hybridized carbons (Fsp3) is 0.700. The summed E-state index contributed by atoms with van der Waals surface area (Å²) >= 11 is 0. The predicted octanol–water partition coefficient (Wildman–Crippen LogP) is 0.368. The molecule has 1 aromatic heterocycles. The van der Waals surface area contributed by atoms with Gasteiger partial charge in [0, 0.05) is 6.92 Å². The van der Waals surface area contributed by atoms with Crippen LogP contribution in [0.4, 0.5) is 0 Å².